The Hall–Kier alpha value is -1.45. The van der Waals surface area contributed by atoms with E-state index in [1.165, 1.54) is 6.33 Å². The number of nitrogens with zero attached hydrogens (tertiary/aromatic N) is 2. The van der Waals surface area contributed by atoms with E-state index < -0.39 is 0 Å². The average molecular weight is 209 g/mol. The summed E-state index contributed by atoms with van der Waals surface area (Å²) in [5.74, 6) is 1.17. The van der Waals surface area contributed by atoms with Crippen molar-refractivity contribution in [2.24, 2.45) is 5.92 Å². The number of ketones is 1. The molecule has 4 nitrogen and oxygen atoms in total. The van der Waals surface area contributed by atoms with Crippen LogP contribution in [0.4, 0.5) is 5.82 Å². The molecule has 4 heteroatoms. The monoisotopic (exact) mass is 209 g/mol. The van der Waals surface area contributed by atoms with Gasteiger partial charge in [-0.15, -0.1) is 0 Å². The van der Waals surface area contributed by atoms with Crippen LogP contribution in [0.15, 0.2) is 18.6 Å². The van der Waals surface area contributed by atoms with Gasteiger partial charge in [0.05, 0.1) is 6.04 Å². The van der Waals surface area contributed by atoms with Gasteiger partial charge in [-0.2, -0.15) is 0 Å². The third-order valence-corrected chi connectivity index (χ3v) is 2.25. The molecule has 1 atom stereocenters. The topological polar surface area (TPSA) is 54.9 Å². The molecule has 1 aromatic heterocycles. The fourth-order valence-corrected chi connectivity index (χ4v) is 1.37. The molecule has 0 aliphatic rings. The number of Topliss-reactive ketones (excluding diaryl/α,β-unsaturated/α-hetero) is 1. The second-order valence-corrected chi connectivity index (χ2v) is 3.78. The fraction of sp³-hybridized carbons (Fsp3) is 0.545. The molecule has 1 heterocycles. The van der Waals surface area contributed by atoms with Crippen molar-refractivity contribution < 1.29 is 6.22 Å². The van der Waals surface area contributed by atoms with Gasteiger partial charge in [-0.3, -0.25) is 4.79 Å². The number of carbonyl (C=O) groups is 1. The normalized spacial score (nSPS) is 12.5. The maximum Gasteiger partial charge on any atom is 0.155 e. The van der Waals surface area contributed by atoms with E-state index in [-0.39, 0.29) is 19.2 Å². The van der Waals surface area contributed by atoms with Gasteiger partial charge in [0, 0.05) is 14.0 Å². The first-order valence-electron chi connectivity index (χ1n) is 5.20. The second-order valence-electron chi connectivity index (χ2n) is 3.78. The van der Waals surface area contributed by atoms with Crippen LogP contribution in [0.3, 0.4) is 0 Å². The summed E-state index contributed by atoms with van der Waals surface area (Å²) in [4.78, 5) is 19.5. The van der Waals surface area contributed by atoms with Gasteiger partial charge in [-0.05, 0) is 12.0 Å². The van der Waals surface area contributed by atoms with Crippen LogP contribution in [0.25, 0.3) is 0 Å². The highest BCUT2D eigenvalue weighted by Crippen LogP contribution is 2.11. The van der Waals surface area contributed by atoms with E-state index in [1.54, 1.807) is 12.3 Å². The van der Waals surface area contributed by atoms with Crippen molar-refractivity contribution in [3.05, 3.63) is 18.6 Å². The Kier molecular flexibility index (Phi) is 4.21. The van der Waals surface area contributed by atoms with Crippen LogP contribution < -0.4 is 5.32 Å². The largest absolute Gasteiger partial charge is 0.360 e. The van der Waals surface area contributed by atoms with Crippen molar-refractivity contribution in [2.45, 2.75) is 33.2 Å². The maximum absolute atomic E-state index is 11.7. The Balaban J connectivity index is 0.00000225. The minimum atomic E-state index is -0.162. The molecule has 1 N–H and O–H groups in total. The average Bonchev–Trinajstić information content (AvgIpc) is 2.26. The van der Waals surface area contributed by atoms with Crippen molar-refractivity contribution in [3.63, 3.8) is 0 Å². The predicted molar refractivity (Wildman–Crippen MR) is 61.7 cm³/mol. The Bertz CT molecular complexity index is 316. The van der Waals surface area contributed by atoms with E-state index in [2.05, 4.69) is 15.3 Å². The maximum atomic E-state index is 11.7. The molecule has 0 unspecified atom stereocenters. The van der Waals surface area contributed by atoms with Gasteiger partial charge in [0.15, 0.2) is 5.78 Å². The molecular weight excluding hydrogens is 190 g/mol. The van der Waals surface area contributed by atoms with Crippen LogP contribution >= 0.6 is 0 Å². The zero-order chi connectivity index (χ0) is 11.3. The number of hydrogen-bond acceptors (Lipinski definition) is 4. The van der Waals surface area contributed by atoms with Crippen LogP contribution in [-0.4, -0.2) is 21.8 Å². The lowest BCUT2D eigenvalue weighted by Crippen LogP contribution is -2.34. The first kappa shape index (κ1) is 11.6. The first-order valence-corrected chi connectivity index (χ1v) is 5.20. The van der Waals surface area contributed by atoms with Gasteiger partial charge in [0.25, 0.3) is 0 Å². The number of anilines is 1. The summed E-state index contributed by atoms with van der Waals surface area (Å²) in [5, 5.41) is 3.13. The van der Waals surface area contributed by atoms with Crippen molar-refractivity contribution in [3.8, 4) is 0 Å². The number of nitrogens with one attached hydrogen (secondary N) is 1. The van der Waals surface area contributed by atoms with Crippen LogP contribution in [-0.2, 0) is 4.79 Å². The molecule has 0 spiro atoms. The lowest BCUT2D eigenvalue weighted by Gasteiger charge is -2.20. The van der Waals surface area contributed by atoms with E-state index in [1.807, 2.05) is 20.8 Å². The molecule has 84 valence electrons. The van der Waals surface area contributed by atoms with Crippen LogP contribution in [0, 0.1) is 5.92 Å². The fourth-order valence-electron chi connectivity index (χ4n) is 1.37. The SMILES string of the molecule is CCC(=O)[C@@H](Nc1ccncn1)C(C)C.[HH]. The lowest BCUT2D eigenvalue weighted by atomic mass is 9.98. The quantitative estimate of drug-likeness (QED) is 0.807. The zero-order valence-corrected chi connectivity index (χ0v) is 9.40. The first-order chi connectivity index (χ1) is 7.15. The summed E-state index contributed by atoms with van der Waals surface area (Å²) in [7, 11) is 0. The van der Waals surface area contributed by atoms with Crippen LogP contribution in [0.5, 0.6) is 0 Å². The molecule has 15 heavy (non-hydrogen) atoms. The summed E-state index contributed by atoms with van der Waals surface area (Å²) in [6, 6.07) is 1.60. The Labute approximate surface area is 91.6 Å². The molecule has 0 radical (unpaired) electrons. The van der Waals surface area contributed by atoms with E-state index in [0.717, 1.165) is 0 Å². The summed E-state index contributed by atoms with van der Waals surface area (Å²) in [6.45, 7) is 5.91. The number of carbonyl (C=O) groups excluding carboxylic acids is 1. The molecular formula is C11H19N3O. The summed E-state index contributed by atoms with van der Waals surface area (Å²) < 4.78 is 0. The van der Waals surface area contributed by atoms with E-state index in [9.17, 15) is 4.79 Å². The highest BCUT2D eigenvalue weighted by atomic mass is 16.1. The van der Waals surface area contributed by atoms with E-state index in [0.29, 0.717) is 12.2 Å². The Morgan fingerprint density at radius 2 is 2.33 bits per heavy atom. The molecule has 0 saturated carbocycles. The second kappa shape index (κ2) is 5.44. The van der Waals surface area contributed by atoms with Crippen molar-refractivity contribution in [1.29, 1.82) is 0 Å². The van der Waals surface area contributed by atoms with Crippen molar-refractivity contribution in [2.75, 3.05) is 5.32 Å². The van der Waals surface area contributed by atoms with Crippen molar-refractivity contribution >= 4 is 11.6 Å². The molecule has 0 saturated heterocycles. The summed E-state index contributed by atoms with van der Waals surface area (Å²) in [6.07, 6.45) is 3.67. The van der Waals surface area contributed by atoms with Crippen molar-refractivity contribution in [1.82, 2.24) is 9.97 Å². The lowest BCUT2D eigenvalue weighted by molar-refractivity contribution is -0.120. The van der Waals surface area contributed by atoms with Gasteiger partial charge in [0.2, 0.25) is 0 Å². The van der Waals surface area contributed by atoms with Gasteiger partial charge in [0.1, 0.15) is 12.1 Å². The van der Waals surface area contributed by atoms with Crippen LogP contribution in [0.2, 0.25) is 0 Å². The standard InChI is InChI=1S/C11H17N3O.H2/c1-4-9(15)11(8(2)3)14-10-5-6-12-7-13-10;/h5-8,11H,4H2,1-3H3,(H,12,13,14);1H/t11-;/m0./s1. The number of rotatable bonds is 5. The zero-order valence-electron chi connectivity index (χ0n) is 9.40. The highest BCUT2D eigenvalue weighted by Gasteiger charge is 2.20. The number of aromatic nitrogens is 2. The smallest absolute Gasteiger partial charge is 0.155 e. The molecule has 0 aromatic carbocycles. The molecule has 0 bridgehead atoms. The molecule has 0 fully saturated rings. The summed E-state index contributed by atoms with van der Waals surface area (Å²) in [5.41, 5.74) is 0. The molecule has 0 amide bonds. The summed E-state index contributed by atoms with van der Waals surface area (Å²) >= 11 is 0. The number of hydrogen-bond donors (Lipinski definition) is 1. The van der Waals surface area contributed by atoms with E-state index in [4.69, 9.17) is 0 Å². The molecule has 0 aliphatic carbocycles. The predicted octanol–water partition coefficient (Wildman–Crippen LogP) is 2.14. The van der Waals surface area contributed by atoms with Gasteiger partial charge < -0.3 is 5.32 Å². The Morgan fingerprint density at radius 1 is 1.60 bits per heavy atom. The van der Waals surface area contributed by atoms with Gasteiger partial charge >= 0.3 is 0 Å². The third-order valence-electron chi connectivity index (χ3n) is 2.25. The van der Waals surface area contributed by atoms with Gasteiger partial charge in [-0.25, -0.2) is 9.97 Å². The minimum Gasteiger partial charge on any atom is -0.360 e. The van der Waals surface area contributed by atoms with Crippen LogP contribution in [0.1, 0.15) is 28.6 Å². The Morgan fingerprint density at radius 3 is 2.80 bits per heavy atom. The van der Waals surface area contributed by atoms with E-state index >= 15 is 0 Å². The minimum absolute atomic E-state index is 0. The molecule has 1 rings (SSSR count). The third kappa shape index (κ3) is 3.31. The molecule has 1 aromatic rings. The molecule has 0 aliphatic heterocycles. The van der Waals surface area contributed by atoms with Gasteiger partial charge in [-0.1, -0.05) is 20.8 Å². The highest BCUT2D eigenvalue weighted by molar-refractivity contribution is 5.86.